The maximum Gasteiger partial charge on any atom is 0.168 e. The van der Waals surface area contributed by atoms with Gasteiger partial charge >= 0.3 is 0 Å². The van der Waals surface area contributed by atoms with E-state index in [1.165, 1.54) is 31.0 Å². The molecule has 0 spiro atoms. The first-order valence-electron chi connectivity index (χ1n) is 8.10. The van der Waals surface area contributed by atoms with Crippen LogP contribution in [0.15, 0.2) is 28.1 Å². The smallest absolute Gasteiger partial charge is 0.168 e. The predicted octanol–water partition coefficient (Wildman–Crippen LogP) is 4.19. The summed E-state index contributed by atoms with van der Waals surface area (Å²) in [6.45, 7) is 3.06. The first-order valence-corrected chi connectivity index (χ1v) is 9.29. The standard InChI is InChI=1S/C17H20ClN5S/c1-2-3-4-5-9-21-17-23-16(20)14(24-17)13-12-10(15(19)22-13)7-6-8-11(12)18/h6-8H,2-5,9H2,1H3,(H2,19,22)(H2,20,21,23). The SMILES string of the molecule is CCCCCCNC1=NC(=N)C(=C2NC(=N)c3cccc(Cl)c32)S1. The third kappa shape index (κ3) is 3.35. The fraction of sp³-hybridized carbons (Fsp3) is 0.353. The van der Waals surface area contributed by atoms with E-state index in [9.17, 15) is 0 Å². The lowest BCUT2D eigenvalue weighted by atomic mass is 10.1. The van der Waals surface area contributed by atoms with Crippen LogP contribution in [0.25, 0.3) is 5.70 Å². The minimum absolute atomic E-state index is 0.208. The molecule has 3 rings (SSSR count). The Bertz CT molecular complexity index is 753. The molecule has 5 nitrogen and oxygen atoms in total. The van der Waals surface area contributed by atoms with E-state index in [-0.39, 0.29) is 5.84 Å². The van der Waals surface area contributed by atoms with Crippen molar-refractivity contribution in [3.05, 3.63) is 39.3 Å². The number of benzene rings is 1. The van der Waals surface area contributed by atoms with Crippen molar-refractivity contribution in [2.45, 2.75) is 32.6 Å². The third-order valence-electron chi connectivity index (χ3n) is 3.94. The van der Waals surface area contributed by atoms with Crippen LogP contribution < -0.4 is 10.6 Å². The van der Waals surface area contributed by atoms with Gasteiger partial charge in [0.2, 0.25) is 0 Å². The minimum Gasteiger partial charge on any atom is -0.364 e. The van der Waals surface area contributed by atoms with Gasteiger partial charge in [-0.25, -0.2) is 4.99 Å². The number of halogens is 1. The maximum atomic E-state index is 8.17. The van der Waals surface area contributed by atoms with Crippen LogP contribution in [-0.2, 0) is 0 Å². The molecule has 0 unspecified atom stereocenters. The lowest BCUT2D eigenvalue weighted by Gasteiger charge is -2.07. The van der Waals surface area contributed by atoms with Crippen molar-refractivity contribution in [1.29, 1.82) is 10.8 Å². The molecule has 4 N–H and O–H groups in total. The summed E-state index contributed by atoms with van der Waals surface area (Å²) in [7, 11) is 0. The molecular weight excluding hydrogens is 342 g/mol. The molecule has 0 atom stereocenters. The molecule has 0 fully saturated rings. The predicted molar refractivity (Wildman–Crippen MR) is 103 cm³/mol. The zero-order valence-electron chi connectivity index (χ0n) is 13.5. The van der Waals surface area contributed by atoms with Crippen LogP contribution in [0.5, 0.6) is 0 Å². The van der Waals surface area contributed by atoms with Crippen LogP contribution in [0, 0.1) is 10.8 Å². The number of fused-ring (bicyclic) bond motifs is 1. The highest BCUT2D eigenvalue weighted by molar-refractivity contribution is 8.18. The van der Waals surface area contributed by atoms with Gasteiger partial charge in [-0.05, 0) is 24.2 Å². The number of amidine groups is 3. The Hall–Kier alpha value is -1.79. The van der Waals surface area contributed by atoms with E-state index >= 15 is 0 Å². The van der Waals surface area contributed by atoms with Crippen molar-refractivity contribution in [1.82, 2.24) is 10.6 Å². The van der Waals surface area contributed by atoms with Gasteiger partial charge < -0.3 is 10.6 Å². The van der Waals surface area contributed by atoms with E-state index in [4.69, 9.17) is 22.4 Å². The van der Waals surface area contributed by atoms with Crippen LogP contribution >= 0.6 is 23.4 Å². The van der Waals surface area contributed by atoms with E-state index in [1.54, 1.807) is 6.07 Å². The second-order valence-corrected chi connectivity index (χ2v) is 7.13. The highest BCUT2D eigenvalue weighted by Crippen LogP contribution is 2.38. The van der Waals surface area contributed by atoms with Gasteiger partial charge in [0.1, 0.15) is 5.84 Å². The Morgan fingerprint density at radius 2 is 2.08 bits per heavy atom. The van der Waals surface area contributed by atoms with Crippen molar-refractivity contribution < 1.29 is 0 Å². The fourth-order valence-corrected chi connectivity index (χ4v) is 3.89. The summed E-state index contributed by atoms with van der Waals surface area (Å²) < 4.78 is 0. The first-order chi connectivity index (χ1) is 11.6. The van der Waals surface area contributed by atoms with Gasteiger partial charge in [-0.3, -0.25) is 10.8 Å². The lowest BCUT2D eigenvalue weighted by molar-refractivity contribution is 0.656. The van der Waals surface area contributed by atoms with Crippen molar-refractivity contribution in [2.24, 2.45) is 4.99 Å². The largest absolute Gasteiger partial charge is 0.364 e. The van der Waals surface area contributed by atoms with E-state index in [2.05, 4.69) is 22.5 Å². The second kappa shape index (κ2) is 7.40. The molecule has 0 saturated carbocycles. The molecule has 1 aromatic carbocycles. The molecule has 0 amide bonds. The maximum absolute atomic E-state index is 8.17. The number of aliphatic imine (C=N–C) groups is 1. The number of thioether (sulfide) groups is 1. The number of nitrogens with one attached hydrogen (secondary N) is 4. The Balaban J connectivity index is 1.75. The van der Waals surface area contributed by atoms with E-state index in [0.29, 0.717) is 21.5 Å². The monoisotopic (exact) mass is 361 g/mol. The topological polar surface area (TPSA) is 84.1 Å². The van der Waals surface area contributed by atoms with Crippen molar-refractivity contribution >= 4 is 45.9 Å². The molecule has 0 saturated heterocycles. The summed E-state index contributed by atoms with van der Waals surface area (Å²) in [4.78, 5) is 5.01. The molecule has 24 heavy (non-hydrogen) atoms. The summed E-state index contributed by atoms with van der Waals surface area (Å²) >= 11 is 7.75. The molecule has 0 aliphatic carbocycles. The van der Waals surface area contributed by atoms with Gasteiger partial charge in [0, 0.05) is 17.7 Å². The van der Waals surface area contributed by atoms with E-state index in [0.717, 1.165) is 29.3 Å². The van der Waals surface area contributed by atoms with Crippen LogP contribution in [-0.4, -0.2) is 23.4 Å². The van der Waals surface area contributed by atoms with Crippen LogP contribution in [0.4, 0.5) is 0 Å². The van der Waals surface area contributed by atoms with Crippen molar-refractivity contribution in [3.63, 3.8) is 0 Å². The summed E-state index contributed by atoms with van der Waals surface area (Å²) in [6.07, 6.45) is 4.76. The molecule has 2 heterocycles. The van der Waals surface area contributed by atoms with Gasteiger partial charge in [-0.2, -0.15) is 0 Å². The van der Waals surface area contributed by atoms with Crippen LogP contribution in [0.2, 0.25) is 5.02 Å². The molecule has 0 radical (unpaired) electrons. The highest BCUT2D eigenvalue weighted by Gasteiger charge is 2.31. The Labute approximate surface area is 151 Å². The third-order valence-corrected chi connectivity index (χ3v) is 5.29. The molecular formula is C17H20ClN5S. The van der Waals surface area contributed by atoms with Crippen molar-refractivity contribution in [3.8, 4) is 0 Å². The molecule has 2 aliphatic heterocycles. The number of hydrogen-bond donors (Lipinski definition) is 4. The van der Waals surface area contributed by atoms with Gasteiger partial charge in [0.05, 0.1) is 15.6 Å². The van der Waals surface area contributed by atoms with Crippen molar-refractivity contribution in [2.75, 3.05) is 6.54 Å². The highest BCUT2D eigenvalue weighted by atomic mass is 35.5. The molecule has 126 valence electrons. The summed E-state index contributed by atoms with van der Waals surface area (Å²) in [5, 5.41) is 23.9. The average Bonchev–Trinajstić information content (AvgIpc) is 3.09. The Morgan fingerprint density at radius 1 is 1.25 bits per heavy atom. The summed E-state index contributed by atoms with van der Waals surface area (Å²) in [6, 6.07) is 5.50. The quantitative estimate of drug-likeness (QED) is 0.593. The first kappa shape index (κ1) is 17.0. The zero-order chi connectivity index (χ0) is 17.1. The van der Waals surface area contributed by atoms with Gasteiger partial charge in [-0.1, -0.05) is 49.9 Å². The van der Waals surface area contributed by atoms with Crippen LogP contribution in [0.1, 0.15) is 43.7 Å². The second-order valence-electron chi connectivity index (χ2n) is 5.72. The summed E-state index contributed by atoms with van der Waals surface area (Å²) in [5.41, 5.74) is 2.26. The van der Waals surface area contributed by atoms with Crippen LogP contribution in [0.3, 0.4) is 0 Å². The fourth-order valence-electron chi connectivity index (χ4n) is 2.72. The zero-order valence-corrected chi connectivity index (χ0v) is 15.1. The Morgan fingerprint density at radius 3 is 2.88 bits per heavy atom. The molecule has 7 heteroatoms. The molecule has 0 bridgehead atoms. The normalized spacial score (nSPS) is 19.3. The summed E-state index contributed by atoms with van der Waals surface area (Å²) in [5.74, 6) is 0.517. The molecule has 0 aromatic heterocycles. The Kier molecular flexibility index (Phi) is 5.26. The number of rotatable bonds is 5. The van der Waals surface area contributed by atoms with E-state index < -0.39 is 0 Å². The molecule has 2 aliphatic rings. The molecule has 1 aromatic rings. The minimum atomic E-state index is 0.208. The van der Waals surface area contributed by atoms with Gasteiger partial charge in [-0.15, -0.1) is 0 Å². The average molecular weight is 362 g/mol. The van der Waals surface area contributed by atoms with E-state index in [1.807, 2.05) is 12.1 Å². The number of hydrogen-bond acceptors (Lipinski definition) is 4. The van der Waals surface area contributed by atoms with Gasteiger partial charge in [0.25, 0.3) is 0 Å². The lowest BCUT2D eigenvalue weighted by Crippen LogP contribution is -2.20. The van der Waals surface area contributed by atoms with Gasteiger partial charge in [0.15, 0.2) is 11.0 Å². The number of unbranched alkanes of at least 4 members (excludes halogenated alkanes) is 3. The number of nitrogens with zero attached hydrogens (tertiary/aromatic N) is 1.